The average molecular weight is 202 g/mol. The van der Waals surface area contributed by atoms with Crippen molar-refractivity contribution in [3.05, 3.63) is 0 Å². The Kier molecular flexibility index (Phi) is 4.81. The van der Waals surface area contributed by atoms with Gasteiger partial charge in [0.05, 0.1) is 19.3 Å². The first-order chi connectivity index (χ1) is 6.65. The lowest BCUT2D eigenvalue weighted by Crippen LogP contribution is -2.53. The van der Waals surface area contributed by atoms with Crippen molar-refractivity contribution in [2.75, 3.05) is 26.3 Å². The second kappa shape index (κ2) is 5.66. The van der Waals surface area contributed by atoms with E-state index in [0.717, 1.165) is 19.5 Å². The first-order valence-electron chi connectivity index (χ1n) is 5.37. The summed E-state index contributed by atoms with van der Waals surface area (Å²) in [6.07, 6.45) is 1.06. The quantitative estimate of drug-likeness (QED) is 0.663. The Morgan fingerprint density at radius 1 is 1.57 bits per heavy atom. The van der Waals surface area contributed by atoms with Gasteiger partial charge in [-0.25, -0.2) is 0 Å². The molecule has 0 aromatic rings. The molecule has 1 heterocycles. The summed E-state index contributed by atoms with van der Waals surface area (Å²) in [6.45, 7) is 6.77. The van der Waals surface area contributed by atoms with Crippen LogP contribution in [0.4, 0.5) is 0 Å². The van der Waals surface area contributed by atoms with E-state index in [1.54, 1.807) is 0 Å². The van der Waals surface area contributed by atoms with E-state index in [1.807, 2.05) is 0 Å². The Balaban J connectivity index is 2.38. The van der Waals surface area contributed by atoms with Crippen molar-refractivity contribution >= 4 is 0 Å². The van der Waals surface area contributed by atoms with E-state index in [2.05, 4.69) is 18.7 Å². The van der Waals surface area contributed by atoms with Crippen LogP contribution in [0.5, 0.6) is 0 Å². The molecular weight excluding hydrogens is 180 g/mol. The van der Waals surface area contributed by atoms with Gasteiger partial charge in [-0.15, -0.1) is 0 Å². The van der Waals surface area contributed by atoms with Gasteiger partial charge in [-0.05, 0) is 20.3 Å². The highest BCUT2D eigenvalue weighted by Gasteiger charge is 2.28. The smallest absolute Gasteiger partial charge is 0.0854 e. The van der Waals surface area contributed by atoms with Crippen molar-refractivity contribution in [2.24, 2.45) is 5.73 Å². The Bertz CT molecular complexity index is 164. The summed E-state index contributed by atoms with van der Waals surface area (Å²) in [5.41, 5.74) is 5.95. The number of aliphatic hydroxyl groups is 1. The molecule has 0 aliphatic carbocycles. The summed E-state index contributed by atoms with van der Waals surface area (Å²) in [4.78, 5) is 2.37. The van der Waals surface area contributed by atoms with E-state index in [0.29, 0.717) is 12.6 Å². The normalized spacial score (nSPS) is 29.8. The third-order valence-corrected chi connectivity index (χ3v) is 2.80. The van der Waals surface area contributed by atoms with Crippen molar-refractivity contribution in [1.82, 2.24) is 4.90 Å². The van der Waals surface area contributed by atoms with Gasteiger partial charge in [0.2, 0.25) is 0 Å². The van der Waals surface area contributed by atoms with Gasteiger partial charge in [0.25, 0.3) is 0 Å². The van der Waals surface area contributed by atoms with Crippen LogP contribution < -0.4 is 5.73 Å². The van der Waals surface area contributed by atoms with Crippen molar-refractivity contribution in [2.45, 2.75) is 38.5 Å². The minimum Gasteiger partial charge on any atom is -0.394 e. The minimum atomic E-state index is 0.0743. The first kappa shape index (κ1) is 11.9. The van der Waals surface area contributed by atoms with E-state index < -0.39 is 0 Å². The molecule has 0 saturated carbocycles. The monoisotopic (exact) mass is 202 g/mol. The van der Waals surface area contributed by atoms with Crippen molar-refractivity contribution in [3.8, 4) is 0 Å². The Labute approximate surface area is 86.0 Å². The van der Waals surface area contributed by atoms with Crippen LogP contribution in [0.1, 0.15) is 20.3 Å². The predicted octanol–water partition coefficient (Wildman–Crippen LogP) is -0.195. The third kappa shape index (κ3) is 3.20. The van der Waals surface area contributed by atoms with Crippen LogP contribution >= 0.6 is 0 Å². The summed E-state index contributed by atoms with van der Waals surface area (Å²) in [5, 5.41) is 8.68. The second-order valence-electron chi connectivity index (χ2n) is 4.17. The van der Waals surface area contributed by atoms with Gasteiger partial charge in [0, 0.05) is 25.2 Å². The second-order valence-corrected chi connectivity index (χ2v) is 4.17. The summed E-state index contributed by atoms with van der Waals surface area (Å²) >= 11 is 0. The molecule has 0 bridgehead atoms. The number of nitrogens with zero attached hydrogens (tertiary/aromatic N) is 1. The van der Waals surface area contributed by atoms with Gasteiger partial charge in [0.1, 0.15) is 0 Å². The maximum atomic E-state index is 8.68. The molecule has 1 saturated heterocycles. The molecule has 2 atom stereocenters. The van der Waals surface area contributed by atoms with Crippen LogP contribution in [0.2, 0.25) is 0 Å². The van der Waals surface area contributed by atoms with Gasteiger partial charge in [0.15, 0.2) is 0 Å². The van der Waals surface area contributed by atoms with E-state index in [9.17, 15) is 0 Å². The molecule has 1 aliphatic heterocycles. The molecule has 0 aromatic carbocycles. The molecule has 4 heteroatoms. The zero-order valence-corrected chi connectivity index (χ0v) is 9.15. The third-order valence-electron chi connectivity index (χ3n) is 2.80. The van der Waals surface area contributed by atoms with Crippen LogP contribution in [0.3, 0.4) is 0 Å². The van der Waals surface area contributed by atoms with Crippen molar-refractivity contribution in [1.29, 1.82) is 0 Å². The highest BCUT2D eigenvalue weighted by molar-refractivity contribution is 4.85. The van der Waals surface area contributed by atoms with Crippen molar-refractivity contribution in [3.63, 3.8) is 0 Å². The molecule has 84 valence electrons. The van der Waals surface area contributed by atoms with E-state index in [1.165, 1.54) is 0 Å². The Morgan fingerprint density at radius 3 is 2.86 bits per heavy atom. The van der Waals surface area contributed by atoms with Gasteiger partial charge < -0.3 is 15.6 Å². The van der Waals surface area contributed by atoms with Crippen LogP contribution in [0, 0.1) is 0 Å². The maximum Gasteiger partial charge on any atom is 0.0854 e. The lowest BCUT2D eigenvalue weighted by Gasteiger charge is -2.38. The van der Waals surface area contributed by atoms with Gasteiger partial charge in [-0.1, -0.05) is 0 Å². The number of rotatable bonds is 4. The van der Waals surface area contributed by atoms with E-state index in [-0.39, 0.29) is 18.8 Å². The number of hydrogen-bond acceptors (Lipinski definition) is 4. The maximum absolute atomic E-state index is 8.68. The molecule has 1 rings (SSSR count). The highest BCUT2D eigenvalue weighted by Crippen LogP contribution is 2.14. The summed E-state index contributed by atoms with van der Waals surface area (Å²) < 4.78 is 5.51. The molecule has 1 unspecified atom stereocenters. The fourth-order valence-electron chi connectivity index (χ4n) is 1.81. The number of aliphatic hydroxyl groups excluding tert-OH is 1. The number of likely N-dealkylation sites (tertiary alicyclic amines) is 1. The zero-order chi connectivity index (χ0) is 10.6. The fraction of sp³-hybridized carbons (Fsp3) is 1.00. The number of hydrogen-bond donors (Lipinski definition) is 2. The molecule has 0 aromatic heterocycles. The predicted molar refractivity (Wildman–Crippen MR) is 56.1 cm³/mol. The SMILES string of the molecule is CC(C)N1CCC(N)[C@H](OCCO)C1. The number of nitrogens with two attached hydrogens (primary N) is 1. The fourth-order valence-corrected chi connectivity index (χ4v) is 1.81. The van der Waals surface area contributed by atoms with Crippen LogP contribution in [0.15, 0.2) is 0 Å². The van der Waals surface area contributed by atoms with Crippen LogP contribution in [-0.4, -0.2) is 54.5 Å². The molecule has 3 N–H and O–H groups in total. The zero-order valence-electron chi connectivity index (χ0n) is 9.15. The largest absolute Gasteiger partial charge is 0.394 e. The topological polar surface area (TPSA) is 58.7 Å². The summed E-state index contributed by atoms with van der Waals surface area (Å²) in [6, 6.07) is 0.666. The average Bonchev–Trinajstić information content (AvgIpc) is 2.16. The van der Waals surface area contributed by atoms with E-state index >= 15 is 0 Å². The highest BCUT2D eigenvalue weighted by atomic mass is 16.5. The Hall–Kier alpha value is -0.160. The Morgan fingerprint density at radius 2 is 2.29 bits per heavy atom. The molecule has 1 fully saturated rings. The minimum absolute atomic E-state index is 0.0743. The molecule has 0 amide bonds. The molecule has 0 spiro atoms. The number of piperidine rings is 1. The number of ether oxygens (including phenoxy) is 1. The van der Waals surface area contributed by atoms with E-state index in [4.69, 9.17) is 15.6 Å². The standard InChI is InChI=1S/C10H22N2O2/c1-8(2)12-4-3-9(11)10(7-12)14-6-5-13/h8-10,13H,3-7,11H2,1-2H3/t9?,10-/m1/s1. The summed E-state index contributed by atoms with van der Waals surface area (Å²) in [5.74, 6) is 0. The first-order valence-corrected chi connectivity index (χ1v) is 5.37. The molecular formula is C10H22N2O2. The molecule has 4 nitrogen and oxygen atoms in total. The van der Waals surface area contributed by atoms with Crippen molar-refractivity contribution < 1.29 is 9.84 Å². The lowest BCUT2D eigenvalue weighted by atomic mass is 10.0. The van der Waals surface area contributed by atoms with Gasteiger partial charge >= 0.3 is 0 Å². The van der Waals surface area contributed by atoms with Crippen LogP contribution in [-0.2, 0) is 4.74 Å². The van der Waals surface area contributed by atoms with Gasteiger partial charge in [-0.3, -0.25) is 4.90 Å². The molecule has 1 aliphatic rings. The molecule has 14 heavy (non-hydrogen) atoms. The molecule has 0 radical (unpaired) electrons. The van der Waals surface area contributed by atoms with Gasteiger partial charge in [-0.2, -0.15) is 0 Å². The lowest BCUT2D eigenvalue weighted by molar-refractivity contribution is -0.0321. The van der Waals surface area contributed by atoms with Crippen LogP contribution in [0.25, 0.3) is 0 Å². The summed E-state index contributed by atoms with van der Waals surface area (Å²) in [7, 11) is 0.